The predicted octanol–water partition coefficient (Wildman–Crippen LogP) is 6.91. The second-order valence-corrected chi connectivity index (χ2v) is 20.3. The topological polar surface area (TPSA) is 174 Å². The molecule has 17 nitrogen and oxygen atoms in total. The minimum absolute atomic E-state index is 0.0305. The van der Waals surface area contributed by atoms with Crippen molar-refractivity contribution in [3.8, 4) is 23.1 Å². The van der Waals surface area contributed by atoms with Crippen molar-refractivity contribution < 1.29 is 19.1 Å². The van der Waals surface area contributed by atoms with Crippen molar-refractivity contribution >= 4 is 46.6 Å². The van der Waals surface area contributed by atoms with E-state index in [9.17, 15) is 9.59 Å². The molecule has 9 heterocycles. The molecule has 5 aliphatic heterocycles. The molecular formula is C53H62ClN13O4. The van der Waals surface area contributed by atoms with E-state index in [4.69, 9.17) is 41.4 Å². The van der Waals surface area contributed by atoms with Crippen LogP contribution in [0.15, 0.2) is 60.9 Å². The Bertz CT molecular complexity index is 2750. The lowest BCUT2D eigenvalue weighted by Crippen LogP contribution is -2.53. The Kier molecular flexibility index (Phi) is 13.8. The third-order valence-electron chi connectivity index (χ3n) is 15.6. The van der Waals surface area contributed by atoms with Gasteiger partial charge in [0.25, 0.3) is 5.91 Å². The fraction of sp³-hybridized carbons (Fsp3) is 0.509. The molecule has 0 radical (unpaired) electrons. The van der Waals surface area contributed by atoms with Gasteiger partial charge in [-0.05, 0) is 112 Å². The van der Waals surface area contributed by atoms with E-state index in [0.29, 0.717) is 40.7 Å². The van der Waals surface area contributed by atoms with E-state index < -0.39 is 0 Å². The number of hydrogen-bond acceptors (Lipinski definition) is 14. The third-order valence-corrected chi connectivity index (χ3v) is 15.9. The van der Waals surface area contributed by atoms with Crippen LogP contribution >= 0.6 is 11.6 Å². The highest BCUT2D eigenvalue weighted by molar-refractivity contribution is 6.31. The molecular weight excluding hydrogens is 918 g/mol. The second-order valence-electron chi connectivity index (χ2n) is 19.9. The van der Waals surface area contributed by atoms with E-state index in [2.05, 4.69) is 64.1 Å². The summed E-state index contributed by atoms with van der Waals surface area (Å²) in [5.74, 6) is 3.33. The van der Waals surface area contributed by atoms with Crippen LogP contribution in [0.2, 0.25) is 5.02 Å². The highest BCUT2D eigenvalue weighted by Gasteiger charge is 2.34. The van der Waals surface area contributed by atoms with Crippen molar-refractivity contribution in [2.24, 2.45) is 0 Å². The summed E-state index contributed by atoms with van der Waals surface area (Å²) in [5, 5.41) is 26.8. The molecule has 3 saturated heterocycles. The molecule has 4 fully saturated rings. The molecule has 0 atom stereocenters. The molecule has 6 aliphatic rings. The number of piperidine rings is 1. The number of amides is 2. The van der Waals surface area contributed by atoms with Crippen molar-refractivity contribution in [3.05, 3.63) is 94.0 Å². The number of anilines is 4. The van der Waals surface area contributed by atoms with Crippen LogP contribution < -0.4 is 24.8 Å². The lowest BCUT2D eigenvalue weighted by Gasteiger charge is -2.43. The number of ether oxygens (including phenoxy) is 2. The van der Waals surface area contributed by atoms with E-state index in [1.807, 2.05) is 23.4 Å². The Balaban J connectivity index is 0.645. The molecule has 1 N–H and O–H groups in total. The molecule has 2 amide bonds. The number of carbonyl (C=O) groups excluding carboxylic acids is 2. The van der Waals surface area contributed by atoms with Gasteiger partial charge in [-0.15, -0.1) is 10.2 Å². The molecule has 18 heteroatoms. The largest absolute Gasteiger partial charge is 0.490 e. The number of benzene rings is 1. The first-order valence-corrected chi connectivity index (χ1v) is 26.0. The third kappa shape index (κ3) is 10.1. The maximum Gasteiger partial charge on any atom is 0.272 e. The molecule has 370 valence electrons. The summed E-state index contributed by atoms with van der Waals surface area (Å²) in [7, 11) is 0. The molecule has 1 aromatic carbocycles. The van der Waals surface area contributed by atoms with E-state index in [1.54, 1.807) is 31.2 Å². The smallest absolute Gasteiger partial charge is 0.272 e. The summed E-state index contributed by atoms with van der Waals surface area (Å²) >= 11 is 6.18. The molecule has 5 aromatic rings. The number of rotatable bonds is 10. The molecule has 0 bridgehead atoms. The lowest BCUT2D eigenvalue weighted by molar-refractivity contribution is -0.129. The Morgan fingerprint density at radius 1 is 0.803 bits per heavy atom. The van der Waals surface area contributed by atoms with Gasteiger partial charge in [0, 0.05) is 120 Å². The van der Waals surface area contributed by atoms with Gasteiger partial charge in [0.1, 0.15) is 17.6 Å². The highest BCUT2D eigenvalue weighted by atomic mass is 35.5. The van der Waals surface area contributed by atoms with Gasteiger partial charge in [0.05, 0.1) is 46.9 Å². The fourth-order valence-electron chi connectivity index (χ4n) is 11.6. The lowest BCUT2D eigenvalue weighted by atomic mass is 9.93. The van der Waals surface area contributed by atoms with E-state index in [1.165, 1.54) is 16.8 Å². The van der Waals surface area contributed by atoms with Crippen molar-refractivity contribution in [2.45, 2.75) is 108 Å². The van der Waals surface area contributed by atoms with Crippen LogP contribution in [0.4, 0.5) is 23.1 Å². The monoisotopic (exact) mass is 979 g/mol. The van der Waals surface area contributed by atoms with Gasteiger partial charge in [-0.2, -0.15) is 10.4 Å². The quantitative estimate of drug-likeness (QED) is 0.153. The van der Waals surface area contributed by atoms with Crippen molar-refractivity contribution in [1.82, 2.24) is 45.1 Å². The minimum atomic E-state index is -0.205. The summed E-state index contributed by atoms with van der Waals surface area (Å²) in [5.41, 5.74) is 7.49. The van der Waals surface area contributed by atoms with Gasteiger partial charge in [-0.3, -0.25) is 24.2 Å². The number of aryl methyl sites for hydroxylation is 1. The van der Waals surface area contributed by atoms with Crippen LogP contribution in [0.3, 0.4) is 0 Å². The Hall–Kier alpha value is -6.35. The number of aromatic nitrogens is 6. The zero-order valence-corrected chi connectivity index (χ0v) is 41.3. The van der Waals surface area contributed by atoms with Gasteiger partial charge in [0.15, 0.2) is 17.3 Å². The molecule has 1 saturated carbocycles. The molecule has 11 rings (SSSR count). The standard InChI is InChI=1S/C53H62ClN13O4/c1-35(68)65-22-16-48-44(34-65)52(61-67(48)41-17-27-70-28-18-41)66-19-2-3-36-29-47(56-33-49(36)66)38-5-12-50(57-32-38)63-20-14-40(15-21-63)62-23-25-64(26-24-62)51-13-11-46(59-60-51)53(69)58-39-6-9-42(10-7-39)71-43-8-4-37(31-55)45(54)30-43/h4-5,8,11-13,29-30,32-33,39-42H,2-3,6-7,9-10,14-28,34H2,1H3,(H,58,69). The fourth-order valence-corrected chi connectivity index (χ4v) is 11.8. The Morgan fingerprint density at radius 2 is 1.59 bits per heavy atom. The van der Waals surface area contributed by atoms with Crippen LogP contribution in [-0.4, -0.2) is 135 Å². The van der Waals surface area contributed by atoms with Crippen LogP contribution in [0.5, 0.6) is 5.75 Å². The number of piperazine rings is 1. The van der Waals surface area contributed by atoms with Crippen molar-refractivity contribution in [2.75, 3.05) is 80.3 Å². The molecule has 0 spiro atoms. The summed E-state index contributed by atoms with van der Waals surface area (Å²) < 4.78 is 14.1. The van der Waals surface area contributed by atoms with Gasteiger partial charge in [-0.1, -0.05) is 11.6 Å². The maximum absolute atomic E-state index is 13.1. The number of carbonyl (C=O) groups is 2. The number of halogens is 1. The molecule has 1 aliphatic carbocycles. The first kappa shape index (κ1) is 47.0. The van der Waals surface area contributed by atoms with Crippen LogP contribution in [0.25, 0.3) is 11.3 Å². The Labute approximate surface area is 420 Å². The van der Waals surface area contributed by atoms with Gasteiger partial charge < -0.3 is 34.4 Å². The van der Waals surface area contributed by atoms with Gasteiger partial charge >= 0.3 is 0 Å². The number of nitriles is 1. The van der Waals surface area contributed by atoms with Gasteiger partial charge in [-0.25, -0.2) is 4.98 Å². The summed E-state index contributed by atoms with van der Waals surface area (Å²) in [6.07, 6.45) is 14.1. The Morgan fingerprint density at radius 3 is 2.31 bits per heavy atom. The first-order valence-electron chi connectivity index (χ1n) is 25.7. The molecule has 71 heavy (non-hydrogen) atoms. The zero-order valence-electron chi connectivity index (χ0n) is 40.5. The summed E-state index contributed by atoms with van der Waals surface area (Å²) in [4.78, 5) is 47.2. The zero-order chi connectivity index (χ0) is 48.4. The summed E-state index contributed by atoms with van der Waals surface area (Å²) in [6.45, 7) is 10.9. The van der Waals surface area contributed by atoms with Crippen molar-refractivity contribution in [1.29, 1.82) is 5.26 Å². The first-order chi connectivity index (χ1) is 34.7. The number of nitrogens with zero attached hydrogens (tertiary/aromatic N) is 12. The average molecular weight is 981 g/mol. The minimum Gasteiger partial charge on any atom is -0.490 e. The van der Waals surface area contributed by atoms with E-state index in [0.717, 1.165) is 171 Å². The number of hydrogen-bond donors (Lipinski definition) is 1. The highest BCUT2D eigenvalue weighted by Crippen LogP contribution is 2.40. The number of pyridine rings is 2. The van der Waals surface area contributed by atoms with E-state index >= 15 is 0 Å². The van der Waals surface area contributed by atoms with Crippen LogP contribution in [-0.2, 0) is 28.9 Å². The van der Waals surface area contributed by atoms with Crippen molar-refractivity contribution in [3.63, 3.8) is 0 Å². The van der Waals surface area contributed by atoms with E-state index in [-0.39, 0.29) is 24.0 Å². The molecule has 4 aromatic heterocycles. The SMILES string of the molecule is CC(=O)N1CCc2c(c(N3CCCc4cc(-c5ccc(N6CCC(N7CCN(c8ccc(C(=O)NC9CCC(Oc%10ccc(C#N)c(Cl)c%10)CC9)nn8)CC7)CC6)nc5)ncc43)nn2C2CCOCC2)C1. The average Bonchev–Trinajstić information content (AvgIpc) is 3.80. The second kappa shape index (κ2) is 20.8. The van der Waals surface area contributed by atoms with Gasteiger partial charge in [0.2, 0.25) is 5.91 Å². The van der Waals surface area contributed by atoms with Crippen LogP contribution in [0, 0.1) is 11.3 Å². The molecule has 0 unspecified atom stereocenters. The normalized spacial score (nSPS) is 21.3. The number of fused-ring (bicyclic) bond motifs is 2. The summed E-state index contributed by atoms with van der Waals surface area (Å²) in [6, 6.07) is 18.3. The number of nitrogens with one attached hydrogen (secondary N) is 1. The maximum atomic E-state index is 13.1. The predicted molar refractivity (Wildman–Crippen MR) is 270 cm³/mol. The van der Waals surface area contributed by atoms with Crippen LogP contribution in [0.1, 0.15) is 104 Å².